The summed E-state index contributed by atoms with van der Waals surface area (Å²) in [6.45, 7) is 1.96. The maximum absolute atomic E-state index is 12.0. The summed E-state index contributed by atoms with van der Waals surface area (Å²) in [5.41, 5.74) is 2.63. The molecule has 0 radical (unpaired) electrons. The number of rotatable bonds is 2. The molecule has 2 aromatic rings. The van der Waals surface area contributed by atoms with Gasteiger partial charge < -0.3 is 0 Å². The lowest BCUT2D eigenvalue weighted by Crippen LogP contribution is -2.00. The third kappa shape index (κ3) is 1.69. The van der Waals surface area contributed by atoms with Gasteiger partial charge in [-0.25, -0.2) is 0 Å². The Hall–Kier alpha value is -0.450. The van der Waals surface area contributed by atoms with Gasteiger partial charge >= 0.3 is 0 Å². The Morgan fingerprint density at radius 1 is 1.14 bits per heavy atom. The van der Waals surface area contributed by atoms with Gasteiger partial charge in [-0.15, -0.1) is 0 Å². The Morgan fingerprint density at radius 3 is 2.29 bits per heavy atom. The van der Waals surface area contributed by atoms with E-state index in [1.807, 2.05) is 28.4 Å². The van der Waals surface area contributed by atoms with Gasteiger partial charge in [0.15, 0.2) is 5.78 Å². The van der Waals surface area contributed by atoms with Crippen molar-refractivity contribution >= 4 is 44.4 Å². The molecule has 1 nitrogen and oxygen atoms in total. The van der Waals surface area contributed by atoms with Crippen molar-refractivity contribution in [1.82, 2.24) is 0 Å². The predicted octanol–water partition coefficient (Wildman–Crippen LogP) is 4.11. The molecule has 0 amide bonds. The normalized spacial score (nSPS) is 10.4. The van der Waals surface area contributed by atoms with E-state index in [1.54, 1.807) is 11.3 Å². The Kier molecular flexibility index (Phi) is 2.85. The smallest absolute Gasteiger partial charge is 0.196 e. The summed E-state index contributed by atoms with van der Waals surface area (Å²) < 4.78 is 0.887. The van der Waals surface area contributed by atoms with Gasteiger partial charge in [0.2, 0.25) is 0 Å². The third-order valence-corrected chi connectivity index (χ3v) is 4.52. The fourth-order valence-corrected chi connectivity index (χ4v) is 3.46. The second-order valence-corrected chi connectivity index (χ2v) is 5.27. The molecule has 0 saturated carbocycles. The summed E-state index contributed by atoms with van der Waals surface area (Å²) in [7, 11) is 0. The van der Waals surface area contributed by atoms with Crippen LogP contribution in [0.1, 0.15) is 21.5 Å². The fraction of sp³-hybridized carbons (Fsp3) is 0.100. The Morgan fingerprint density at radius 2 is 1.79 bits per heavy atom. The van der Waals surface area contributed by atoms with Crippen molar-refractivity contribution in [2.75, 3.05) is 0 Å². The minimum atomic E-state index is 0.108. The van der Waals surface area contributed by atoms with Crippen LogP contribution >= 0.6 is 38.6 Å². The van der Waals surface area contributed by atoms with Crippen molar-refractivity contribution in [3.05, 3.63) is 42.7 Å². The number of halogens is 1. The van der Waals surface area contributed by atoms with Crippen molar-refractivity contribution in [3.63, 3.8) is 0 Å². The zero-order valence-electron chi connectivity index (χ0n) is 7.41. The van der Waals surface area contributed by atoms with Gasteiger partial charge in [-0.1, -0.05) is 0 Å². The Balaban J connectivity index is 2.44. The SMILES string of the molecule is Cc1cscc1C(=O)c1cscc1Br. The van der Waals surface area contributed by atoms with Gasteiger partial charge in [0.05, 0.1) is 0 Å². The monoisotopic (exact) mass is 286 g/mol. The molecule has 0 unspecified atom stereocenters. The highest BCUT2D eigenvalue weighted by Gasteiger charge is 2.15. The Bertz CT molecular complexity index is 428. The highest BCUT2D eigenvalue weighted by molar-refractivity contribution is 9.10. The Labute approximate surface area is 98.5 Å². The van der Waals surface area contributed by atoms with E-state index in [0.717, 1.165) is 21.2 Å². The number of thiophene rings is 2. The molecule has 0 aliphatic rings. The highest BCUT2D eigenvalue weighted by atomic mass is 79.9. The summed E-state index contributed by atoms with van der Waals surface area (Å²) in [6.07, 6.45) is 0. The first-order valence-corrected chi connectivity index (χ1v) is 6.67. The van der Waals surface area contributed by atoms with Crippen molar-refractivity contribution in [2.45, 2.75) is 6.92 Å². The number of ketones is 1. The first kappa shape index (κ1) is 10.1. The molecule has 4 heteroatoms. The molecule has 0 saturated heterocycles. The van der Waals surface area contributed by atoms with Crippen LogP contribution in [0.25, 0.3) is 0 Å². The maximum Gasteiger partial charge on any atom is 0.196 e. The van der Waals surface area contributed by atoms with E-state index in [9.17, 15) is 4.79 Å². The number of hydrogen-bond acceptors (Lipinski definition) is 3. The van der Waals surface area contributed by atoms with Crippen LogP contribution in [0.5, 0.6) is 0 Å². The van der Waals surface area contributed by atoms with Crippen LogP contribution in [0.3, 0.4) is 0 Å². The molecule has 2 heterocycles. The number of hydrogen-bond donors (Lipinski definition) is 0. The van der Waals surface area contributed by atoms with Crippen LogP contribution in [-0.4, -0.2) is 5.78 Å². The fourth-order valence-electron chi connectivity index (χ4n) is 1.18. The average Bonchev–Trinajstić information content (AvgIpc) is 2.73. The highest BCUT2D eigenvalue weighted by Crippen LogP contribution is 2.26. The molecule has 0 aromatic carbocycles. The third-order valence-electron chi connectivity index (χ3n) is 1.96. The maximum atomic E-state index is 12.0. The van der Waals surface area contributed by atoms with Crippen LogP contribution in [0, 0.1) is 6.92 Å². The van der Waals surface area contributed by atoms with Crippen LogP contribution in [-0.2, 0) is 0 Å². The molecular formula is C10H7BrOS2. The van der Waals surface area contributed by atoms with Gasteiger partial charge in [-0.05, 0) is 33.8 Å². The quantitative estimate of drug-likeness (QED) is 0.760. The van der Waals surface area contributed by atoms with Crippen LogP contribution in [0.15, 0.2) is 26.0 Å². The molecule has 0 fully saturated rings. The van der Waals surface area contributed by atoms with Gasteiger partial charge in [-0.2, -0.15) is 22.7 Å². The summed E-state index contributed by atoms with van der Waals surface area (Å²) in [5.74, 6) is 0.108. The largest absolute Gasteiger partial charge is 0.288 e. The molecule has 0 spiro atoms. The van der Waals surface area contributed by atoms with Crippen molar-refractivity contribution < 1.29 is 4.79 Å². The van der Waals surface area contributed by atoms with E-state index in [4.69, 9.17) is 0 Å². The van der Waals surface area contributed by atoms with Gasteiger partial charge in [0.1, 0.15) is 0 Å². The molecule has 72 valence electrons. The lowest BCUT2D eigenvalue weighted by molar-refractivity contribution is 0.103. The summed E-state index contributed by atoms with van der Waals surface area (Å²) >= 11 is 6.47. The van der Waals surface area contributed by atoms with Crippen LogP contribution in [0.4, 0.5) is 0 Å². The molecule has 2 aromatic heterocycles. The molecular weight excluding hydrogens is 280 g/mol. The minimum Gasteiger partial charge on any atom is -0.288 e. The van der Waals surface area contributed by atoms with E-state index in [2.05, 4.69) is 15.9 Å². The lowest BCUT2D eigenvalue weighted by atomic mass is 10.1. The van der Waals surface area contributed by atoms with Gasteiger partial charge in [0.25, 0.3) is 0 Å². The second kappa shape index (κ2) is 3.96. The standard InChI is InChI=1S/C10H7BrOS2/c1-6-2-13-3-7(6)10(12)8-4-14-5-9(8)11/h2-5H,1H3. The van der Waals surface area contributed by atoms with Crippen molar-refractivity contribution in [2.24, 2.45) is 0 Å². The van der Waals surface area contributed by atoms with E-state index in [-0.39, 0.29) is 5.78 Å². The van der Waals surface area contributed by atoms with E-state index < -0.39 is 0 Å². The summed E-state index contributed by atoms with van der Waals surface area (Å²) in [4.78, 5) is 12.0. The zero-order chi connectivity index (χ0) is 10.1. The second-order valence-electron chi connectivity index (χ2n) is 2.93. The molecule has 14 heavy (non-hydrogen) atoms. The zero-order valence-corrected chi connectivity index (χ0v) is 10.6. The van der Waals surface area contributed by atoms with E-state index >= 15 is 0 Å². The minimum absolute atomic E-state index is 0.108. The van der Waals surface area contributed by atoms with Crippen LogP contribution < -0.4 is 0 Å². The molecule has 0 aliphatic carbocycles. The number of carbonyl (C=O) groups is 1. The van der Waals surface area contributed by atoms with E-state index in [1.165, 1.54) is 11.3 Å². The molecule has 0 bridgehead atoms. The van der Waals surface area contributed by atoms with Crippen molar-refractivity contribution in [3.8, 4) is 0 Å². The average molecular weight is 287 g/mol. The number of carbonyl (C=O) groups excluding carboxylic acids is 1. The summed E-state index contributed by atoms with van der Waals surface area (Å²) in [6, 6.07) is 0. The molecule has 0 aliphatic heterocycles. The number of aryl methyl sites for hydroxylation is 1. The van der Waals surface area contributed by atoms with Gasteiger partial charge in [0, 0.05) is 31.7 Å². The van der Waals surface area contributed by atoms with E-state index in [0.29, 0.717) is 0 Å². The molecule has 2 rings (SSSR count). The van der Waals surface area contributed by atoms with Crippen molar-refractivity contribution in [1.29, 1.82) is 0 Å². The first-order chi connectivity index (χ1) is 6.70. The molecule has 0 N–H and O–H groups in total. The van der Waals surface area contributed by atoms with Gasteiger partial charge in [-0.3, -0.25) is 4.79 Å². The lowest BCUT2D eigenvalue weighted by Gasteiger charge is -1.97. The topological polar surface area (TPSA) is 17.1 Å². The first-order valence-electron chi connectivity index (χ1n) is 3.99. The molecule has 0 atom stereocenters. The predicted molar refractivity (Wildman–Crippen MR) is 64.5 cm³/mol. The van der Waals surface area contributed by atoms with Crippen LogP contribution in [0.2, 0.25) is 0 Å². The summed E-state index contributed by atoms with van der Waals surface area (Å²) in [5, 5.41) is 7.70.